The van der Waals surface area contributed by atoms with Gasteiger partial charge in [-0.05, 0) is 44.1 Å². The predicted octanol–water partition coefficient (Wildman–Crippen LogP) is 2.61. The quantitative estimate of drug-likeness (QED) is 0.776. The molecule has 0 heterocycles. The summed E-state index contributed by atoms with van der Waals surface area (Å²) in [5.74, 6) is 2.36. The lowest BCUT2D eigenvalue weighted by Gasteiger charge is -2.31. The van der Waals surface area contributed by atoms with Crippen molar-refractivity contribution in [1.29, 1.82) is 0 Å². The Morgan fingerprint density at radius 2 is 1.80 bits per heavy atom. The molecule has 3 unspecified atom stereocenters. The molecular formula is C13H25NO. The topological polar surface area (TPSA) is 43.1 Å². The number of hydrogen-bond acceptors (Lipinski definition) is 2. The van der Waals surface area contributed by atoms with Crippen molar-refractivity contribution < 1.29 is 4.79 Å². The molecule has 2 N–H and O–H groups in total. The molecule has 1 saturated carbocycles. The van der Waals surface area contributed by atoms with Crippen LogP contribution in [0.2, 0.25) is 0 Å². The molecule has 0 radical (unpaired) electrons. The molecular weight excluding hydrogens is 186 g/mol. The second kappa shape index (κ2) is 5.64. The van der Waals surface area contributed by atoms with Gasteiger partial charge < -0.3 is 5.73 Å². The molecule has 0 spiro atoms. The first-order valence-electron chi connectivity index (χ1n) is 6.28. The number of carbonyl (C=O) groups is 1. The summed E-state index contributed by atoms with van der Waals surface area (Å²) in [6, 6.07) is 0. The van der Waals surface area contributed by atoms with Crippen LogP contribution in [0.4, 0.5) is 0 Å². The molecule has 0 aliphatic heterocycles. The van der Waals surface area contributed by atoms with Gasteiger partial charge in [-0.15, -0.1) is 0 Å². The maximum atomic E-state index is 12.1. The van der Waals surface area contributed by atoms with E-state index in [0.29, 0.717) is 30.1 Å². The van der Waals surface area contributed by atoms with E-state index in [0.717, 1.165) is 19.3 Å². The van der Waals surface area contributed by atoms with Gasteiger partial charge in [0.15, 0.2) is 0 Å². The molecule has 88 valence electrons. The highest BCUT2D eigenvalue weighted by molar-refractivity contribution is 5.83. The van der Waals surface area contributed by atoms with E-state index in [9.17, 15) is 4.79 Å². The Bertz CT molecular complexity index is 205. The highest BCUT2D eigenvalue weighted by Gasteiger charge is 2.30. The third-order valence-electron chi connectivity index (χ3n) is 3.67. The Morgan fingerprint density at radius 1 is 1.27 bits per heavy atom. The first-order chi connectivity index (χ1) is 7.04. The van der Waals surface area contributed by atoms with E-state index in [4.69, 9.17) is 5.73 Å². The summed E-state index contributed by atoms with van der Waals surface area (Å²) in [7, 11) is 0. The van der Waals surface area contributed by atoms with Crippen molar-refractivity contribution in [3.8, 4) is 0 Å². The van der Waals surface area contributed by atoms with Gasteiger partial charge in [0.2, 0.25) is 0 Å². The van der Waals surface area contributed by atoms with E-state index < -0.39 is 0 Å². The summed E-state index contributed by atoms with van der Waals surface area (Å²) in [6.07, 6.45) is 4.32. The molecule has 2 heteroatoms. The summed E-state index contributed by atoms with van der Waals surface area (Å²) in [5.41, 5.74) is 5.50. The summed E-state index contributed by atoms with van der Waals surface area (Å²) >= 11 is 0. The van der Waals surface area contributed by atoms with Crippen LogP contribution in [-0.2, 0) is 4.79 Å². The molecule has 15 heavy (non-hydrogen) atoms. The van der Waals surface area contributed by atoms with Crippen LogP contribution in [0, 0.1) is 23.7 Å². The monoisotopic (exact) mass is 211 g/mol. The normalized spacial score (nSPS) is 33.7. The van der Waals surface area contributed by atoms with Gasteiger partial charge in [0.1, 0.15) is 5.78 Å². The van der Waals surface area contributed by atoms with Crippen molar-refractivity contribution in [2.45, 2.75) is 46.5 Å². The molecule has 0 saturated heterocycles. The summed E-state index contributed by atoms with van der Waals surface area (Å²) in [4.78, 5) is 12.1. The highest BCUT2D eigenvalue weighted by Crippen LogP contribution is 2.34. The van der Waals surface area contributed by atoms with Crippen LogP contribution in [0.25, 0.3) is 0 Å². The van der Waals surface area contributed by atoms with Gasteiger partial charge >= 0.3 is 0 Å². The molecule has 1 aliphatic rings. The van der Waals surface area contributed by atoms with Gasteiger partial charge in [0.25, 0.3) is 0 Å². The van der Waals surface area contributed by atoms with Crippen molar-refractivity contribution >= 4 is 5.78 Å². The van der Waals surface area contributed by atoms with E-state index in [2.05, 4.69) is 13.8 Å². The lowest BCUT2D eigenvalue weighted by Crippen LogP contribution is -2.30. The fourth-order valence-corrected chi connectivity index (χ4v) is 2.97. The second-order valence-corrected chi connectivity index (χ2v) is 5.50. The second-order valence-electron chi connectivity index (χ2n) is 5.50. The zero-order valence-electron chi connectivity index (χ0n) is 10.3. The molecule has 1 aliphatic carbocycles. The van der Waals surface area contributed by atoms with Crippen molar-refractivity contribution in [1.82, 2.24) is 0 Å². The molecule has 3 atom stereocenters. The molecule has 0 aromatic rings. The van der Waals surface area contributed by atoms with Gasteiger partial charge in [0, 0.05) is 11.8 Å². The van der Waals surface area contributed by atoms with Gasteiger partial charge in [0.05, 0.1) is 0 Å². The van der Waals surface area contributed by atoms with Crippen LogP contribution in [0.1, 0.15) is 46.5 Å². The Kier molecular flexibility index (Phi) is 4.78. The number of nitrogens with two attached hydrogens (primary N) is 1. The van der Waals surface area contributed by atoms with Crippen LogP contribution < -0.4 is 5.73 Å². The maximum Gasteiger partial charge on any atom is 0.138 e. The summed E-state index contributed by atoms with van der Waals surface area (Å²) < 4.78 is 0. The first kappa shape index (κ1) is 12.7. The molecule has 2 nitrogen and oxygen atoms in total. The van der Waals surface area contributed by atoms with Crippen LogP contribution >= 0.6 is 0 Å². The molecule has 1 fully saturated rings. The highest BCUT2D eigenvalue weighted by atomic mass is 16.1. The molecule has 1 rings (SSSR count). The lowest BCUT2D eigenvalue weighted by molar-refractivity contribution is -0.128. The predicted molar refractivity (Wildman–Crippen MR) is 63.5 cm³/mol. The number of carbonyl (C=O) groups excluding carboxylic acids is 1. The van der Waals surface area contributed by atoms with Crippen molar-refractivity contribution in [3.05, 3.63) is 0 Å². The van der Waals surface area contributed by atoms with Gasteiger partial charge in [-0.3, -0.25) is 4.79 Å². The fraction of sp³-hybridized carbons (Fsp3) is 0.923. The smallest absolute Gasteiger partial charge is 0.138 e. The van der Waals surface area contributed by atoms with E-state index in [-0.39, 0.29) is 5.92 Å². The Balaban J connectivity index is 2.51. The standard InChI is InChI=1S/C13H25NO/c1-9-6-10(2)8-12(7-9)13(15)11(3)4-5-14/h9-12H,4-8,14H2,1-3H3. The maximum absolute atomic E-state index is 12.1. The van der Waals surface area contributed by atoms with Gasteiger partial charge in [-0.1, -0.05) is 20.8 Å². The zero-order chi connectivity index (χ0) is 11.4. The van der Waals surface area contributed by atoms with E-state index in [1.807, 2.05) is 6.92 Å². The van der Waals surface area contributed by atoms with Crippen molar-refractivity contribution in [3.63, 3.8) is 0 Å². The SMILES string of the molecule is CC1CC(C)CC(C(=O)C(C)CCN)C1. The minimum Gasteiger partial charge on any atom is -0.330 e. The number of rotatable bonds is 4. The minimum absolute atomic E-state index is 0.164. The van der Waals surface area contributed by atoms with Crippen molar-refractivity contribution in [2.75, 3.05) is 6.54 Å². The van der Waals surface area contributed by atoms with E-state index >= 15 is 0 Å². The third-order valence-corrected chi connectivity index (χ3v) is 3.67. The van der Waals surface area contributed by atoms with E-state index in [1.165, 1.54) is 6.42 Å². The summed E-state index contributed by atoms with van der Waals surface area (Å²) in [5, 5.41) is 0. The molecule has 0 bridgehead atoms. The van der Waals surface area contributed by atoms with Crippen LogP contribution in [-0.4, -0.2) is 12.3 Å². The number of hydrogen-bond donors (Lipinski definition) is 1. The van der Waals surface area contributed by atoms with Gasteiger partial charge in [-0.2, -0.15) is 0 Å². The Morgan fingerprint density at radius 3 is 2.27 bits per heavy atom. The first-order valence-corrected chi connectivity index (χ1v) is 6.28. The molecule has 0 aromatic heterocycles. The number of Topliss-reactive ketones (excluding diaryl/α,β-unsaturated/α-hetero) is 1. The average molecular weight is 211 g/mol. The van der Waals surface area contributed by atoms with Crippen molar-refractivity contribution in [2.24, 2.45) is 29.4 Å². The molecule has 0 aromatic carbocycles. The summed E-state index contributed by atoms with van der Waals surface area (Å²) in [6.45, 7) is 7.19. The number of ketones is 1. The van der Waals surface area contributed by atoms with Crippen LogP contribution in [0.5, 0.6) is 0 Å². The van der Waals surface area contributed by atoms with Gasteiger partial charge in [-0.25, -0.2) is 0 Å². The third kappa shape index (κ3) is 3.60. The minimum atomic E-state index is 0.164. The average Bonchev–Trinajstić information content (AvgIpc) is 2.15. The van der Waals surface area contributed by atoms with Crippen LogP contribution in [0.15, 0.2) is 0 Å². The Hall–Kier alpha value is -0.370. The van der Waals surface area contributed by atoms with Crippen LogP contribution in [0.3, 0.4) is 0 Å². The Labute approximate surface area is 93.6 Å². The molecule has 0 amide bonds. The van der Waals surface area contributed by atoms with E-state index in [1.54, 1.807) is 0 Å². The lowest BCUT2D eigenvalue weighted by atomic mass is 9.73. The fourth-order valence-electron chi connectivity index (χ4n) is 2.97. The largest absolute Gasteiger partial charge is 0.330 e. The zero-order valence-corrected chi connectivity index (χ0v) is 10.3.